The van der Waals surface area contributed by atoms with E-state index in [1.165, 1.54) is 6.07 Å². The highest BCUT2D eigenvalue weighted by Crippen LogP contribution is 2.11. The minimum atomic E-state index is -0.553. The zero-order valence-corrected chi connectivity index (χ0v) is 34.7. The average molecular weight is 802 g/mol. The quantitative estimate of drug-likeness (QED) is 0.0589. The van der Waals surface area contributed by atoms with Gasteiger partial charge in [0.1, 0.15) is 17.5 Å². The summed E-state index contributed by atoms with van der Waals surface area (Å²) in [6.07, 6.45) is 2.79. The average Bonchev–Trinajstić information content (AvgIpc) is 3.13. The molecule has 0 aliphatic rings. The van der Waals surface area contributed by atoms with Gasteiger partial charge in [-0.15, -0.1) is 0 Å². The second kappa shape index (κ2) is 28.8. The molecule has 0 unspecified atom stereocenters. The molecule has 0 aliphatic heterocycles. The summed E-state index contributed by atoms with van der Waals surface area (Å²) in [4.78, 5) is 79.3. The third-order valence-corrected chi connectivity index (χ3v) is 6.69. The summed E-state index contributed by atoms with van der Waals surface area (Å²) in [5.41, 5.74) is 6.41. The predicted molar refractivity (Wildman–Crippen MR) is 216 cm³/mol. The number of unbranched alkanes of at least 4 members (excludes halogenated alkanes) is 1. The van der Waals surface area contributed by atoms with Crippen molar-refractivity contribution >= 4 is 42.2 Å². The molecule has 0 atom stereocenters. The molecule has 0 bridgehead atoms. The van der Waals surface area contributed by atoms with E-state index in [1.807, 2.05) is 18.2 Å². The van der Waals surface area contributed by atoms with E-state index in [0.29, 0.717) is 62.1 Å². The van der Waals surface area contributed by atoms with Crippen molar-refractivity contribution in [3.05, 3.63) is 70.8 Å². The molecule has 16 heteroatoms. The van der Waals surface area contributed by atoms with E-state index in [2.05, 4.69) is 26.0 Å². The fourth-order valence-electron chi connectivity index (χ4n) is 4.32. The largest absolute Gasteiger partial charge is 0.466 e. The Balaban J connectivity index is 0.000000947. The number of nitrogens with two attached hydrogens (primary N) is 1. The highest BCUT2D eigenvalue weighted by atomic mass is 16.6. The second-order valence-corrected chi connectivity index (χ2v) is 14.2. The van der Waals surface area contributed by atoms with E-state index in [4.69, 9.17) is 19.9 Å². The van der Waals surface area contributed by atoms with Gasteiger partial charge < -0.3 is 45.9 Å². The fourth-order valence-corrected chi connectivity index (χ4v) is 4.32. The number of esters is 2. The van der Waals surface area contributed by atoms with Gasteiger partial charge in [-0.2, -0.15) is 0 Å². The Bertz CT molecular complexity index is 1540. The van der Waals surface area contributed by atoms with Gasteiger partial charge in [-0.1, -0.05) is 24.3 Å². The van der Waals surface area contributed by atoms with Crippen molar-refractivity contribution < 1.29 is 52.5 Å². The lowest BCUT2D eigenvalue weighted by Crippen LogP contribution is -2.37. The molecule has 2 aromatic carbocycles. The van der Waals surface area contributed by atoms with Crippen molar-refractivity contribution in [3.8, 4) is 0 Å². The van der Waals surface area contributed by atoms with Crippen LogP contribution in [0.15, 0.2) is 48.5 Å². The summed E-state index contributed by atoms with van der Waals surface area (Å²) in [5, 5.41) is 10.5. The topological polar surface area (TPSA) is 231 Å². The van der Waals surface area contributed by atoms with Crippen molar-refractivity contribution in [2.75, 3.05) is 45.9 Å². The Hall–Kier alpha value is -5.51. The van der Waals surface area contributed by atoms with Crippen LogP contribution in [0.4, 0.5) is 9.59 Å². The summed E-state index contributed by atoms with van der Waals surface area (Å²) in [5.74, 6) is -0.880. The summed E-state index contributed by atoms with van der Waals surface area (Å²) >= 11 is 0. The van der Waals surface area contributed by atoms with Crippen LogP contribution in [-0.4, -0.2) is 99.4 Å². The zero-order chi connectivity index (χ0) is 43.3. The third kappa shape index (κ3) is 28.5. The summed E-state index contributed by atoms with van der Waals surface area (Å²) in [6, 6.07) is 13.8. The third-order valence-electron chi connectivity index (χ3n) is 6.69. The van der Waals surface area contributed by atoms with Crippen LogP contribution in [0.25, 0.3) is 0 Å². The number of ether oxygens (including phenoxy) is 4. The van der Waals surface area contributed by atoms with E-state index < -0.39 is 23.4 Å². The van der Waals surface area contributed by atoms with Gasteiger partial charge in [0, 0.05) is 55.8 Å². The molecule has 2 aromatic rings. The highest BCUT2D eigenvalue weighted by Gasteiger charge is 2.17. The van der Waals surface area contributed by atoms with Crippen LogP contribution >= 0.6 is 0 Å². The lowest BCUT2D eigenvalue weighted by atomic mass is 10.0. The molecule has 318 valence electrons. The molecule has 0 saturated heterocycles. The lowest BCUT2D eigenvalue weighted by molar-refractivity contribution is -0.144. The van der Waals surface area contributed by atoms with E-state index in [1.54, 1.807) is 79.7 Å². The van der Waals surface area contributed by atoms with Crippen LogP contribution in [0, 0.1) is 0 Å². The number of hydrogen-bond acceptors (Lipinski definition) is 12. The minimum Gasteiger partial charge on any atom is -0.466 e. The van der Waals surface area contributed by atoms with Gasteiger partial charge in [0.2, 0.25) is 0 Å². The molecule has 0 radical (unpaired) electrons. The van der Waals surface area contributed by atoms with Gasteiger partial charge in [-0.3, -0.25) is 24.0 Å². The Morgan fingerprint density at radius 3 is 1.54 bits per heavy atom. The van der Waals surface area contributed by atoms with Crippen molar-refractivity contribution in [1.82, 2.24) is 21.3 Å². The normalized spacial score (nSPS) is 10.5. The first kappa shape index (κ1) is 51.5. The number of aldehydes is 1. The maximum Gasteiger partial charge on any atom is 0.407 e. The number of aryl methyl sites for hydroxylation is 1. The van der Waals surface area contributed by atoms with Crippen molar-refractivity contribution in [1.29, 1.82) is 0 Å². The molecule has 0 heterocycles. The Kier molecular flexibility index (Phi) is 26.0. The standard InChI is InChI=1S/C21H32N2O5.C15H20N2O4.C5H11NO2/c1-5-27-18(24)12-7-6-9-16-10-8-11-17(15-16)19(25)22-13-14-23-20(26)28-21(2,3)4;1-15(2,3)21-14(20)17-8-7-16-13(19)12-6-4-5-11(9-12)10-18;1-2-8-5(7)3-4-6/h8,10-11,15H,5-7,9,12-14H2,1-4H3,(H,22,25)(H,23,26);4-6,9-10H,7-8H2,1-3H3,(H,16,19)(H,17,20);2-4,6H2,1H3. The molecule has 0 aliphatic carbocycles. The van der Waals surface area contributed by atoms with E-state index in [9.17, 15) is 33.6 Å². The van der Waals surface area contributed by atoms with Crippen LogP contribution in [0.1, 0.15) is 118 Å². The molecule has 0 fully saturated rings. The number of rotatable bonds is 18. The smallest absolute Gasteiger partial charge is 0.407 e. The molecule has 0 spiro atoms. The Labute approximate surface area is 336 Å². The first-order valence-electron chi connectivity index (χ1n) is 19.0. The number of nitrogens with one attached hydrogen (secondary N) is 4. The molecule has 2 rings (SSSR count). The van der Waals surface area contributed by atoms with E-state index >= 15 is 0 Å². The van der Waals surface area contributed by atoms with Crippen molar-refractivity contribution in [2.45, 2.75) is 98.7 Å². The lowest BCUT2D eigenvalue weighted by Gasteiger charge is -2.19. The first-order valence-corrected chi connectivity index (χ1v) is 19.0. The monoisotopic (exact) mass is 801 g/mol. The highest BCUT2D eigenvalue weighted by molar-refractivity contribution is 5.96. The van der Waals surface area contributed by atoms with Crippen LogP contribution in [0.3, 0.4) is 0 Å². The van der Waals surface area contributed by atoms with Gasteiger partial charge in [0.15, 0.2) is 0 Å². The molecule has 4 amide bonds. The van der Waals surface area contributed by atoms with Crippen LogP contribution < -0.4 is 27.0 Å². The number of carbonyl (C=O) groups is 7. The molecule has 0 saturated carbocycles. The van der Waals surface area contributed by atoms with Crippen LogP contribution in [-0.2, 0) is 35.0 Å². The van der Waals surface area contributed by atoms with Gasteiger partial charge in [-0.05, 0) is 104 Å². The van der Waals surface area contributed by atoms with Gasteiger partial charge in [0.05, 0.1) is 19.6 Å². The SMILES string of the molecule is CC(C)(C)OC(=O)NCCNC(=O)c1cccc(C=O)c1.CCOC(=O)CCCCc1cccc(C(=O)NCCNC(=O)OC(C)(C)C)c1.CCOC(=O)CCN. The molecule has 16 nitrogen and oxygen atoms in total. The molecular formula is C41H63N5O11. The van der Waals surface area contributed by atoms with E-state index in [-0.39, 0.29) is 43.4 Å². The maximum absolute atomic E-state index is 12.2. The van der Waals surface area contributed by atoms with Gasteiger partial charge >= 0.3 is 24.1 Å². The number of carbonyl (C=O) groups excluding carboxylic acids is 7. The number of alkyl carbamates (subject to hydrolysis) is 2. The fraction of sp³-hybridized carbons (Fsp3) is 0.537. The maximum atomic E-state index is 12.2. The Morgan fingerprint density at radius 1 is 0.632 bits per heavy atom. The summed E-state index contributed by atoms with van der Waals surface area (Å²) in [6.45, 7) is 16.6. The predicted octanol–water partition coefficient (Wildman–Crippen LogP) is 4.87. The minimum absolute atomic E-state index is 0.171. The summed E-state index contributed by atoms with van der Waals surface area (Å²) in [7, 11) is 0. The van der Waals surface area contributed by atoms with E-state index in [0.717, 1.165) is 24.8 Å². The molecule has 57 heavy (non-hydrogen) atoms. The van der Waals surface area contributed by atoms with Crippen molar-refractivity contribution in [3.63, 3.8) is 0 Å². The van der Waals surface area contributed by atoms with Crippen LogP contribution in [0.2, 0.25) is 0 Å². The van der Waals surface area contributed by atoms with Gasteiger partial charge in [0.25, 0.3) is 11.8 Å². The van der Waals surface area contributed by atoms with Crippen molar-refractivity contribution in [2.24, 2.45) is 5.73 Å². The second-order valence-electron chi connectivity index (χ2n) is 14.2. The Morgan fingerprint density at radius 2 is 1.09 bits per heavy atom. The number of hydrogen-bond donors (Lipinski definition) is 5. The number of amides is 4. The molecule has 6 N–H and O–H groups in total. The zero-order valence-electron chi connectivity index (χ0n) is 34.7. The molecular weight excluding hydrogens is 738 g/mol. The summed E-state index contributed by atoms with van der Waals surface area (Å²) < 4.78 is 19.7. The van der Waals surface area contributed by atoms with Gasteiger partial charge in [-0.25, -0.2) is 9.59 Å². The number of benzene rings is 2. The first-order chi connectivity index (χ1) is 26.8. The van der Waals surface area contributed by atoms with Crippen LogP contribution in [0.5, 0.6) is 0 Å². The molecule has 0 aromatic heterocycles.